The highest BCUT2D eigenvalue weighted by molar-refractivity contribution is 7.88. The number of aryl methyl sites for hydroxylation is 1. The van der Waals surface area contributed by atoms with Gasteiger partial charge in [0.05, 0.1) is 18.4 Å². The van der Waals surface area contributed by atoms with Gasteiger partial charge in [0, 0.05) is 36.0 Å². The maximum absolute atomic E-state index is 11.7. The van der Waals surface area contributed by atoms with Crippen molar-refractivity contribution in [1.29, 1.82) is 0 Å². The fourth-order valence-electron chi connectivity index (χ4n) is 3.59. The topological polar surface area (TPSA) is 95.9 Å². The summed E-state index contributed by atoms with van der Waals surface area (Å²) in [4.78, 5) is 13.9. The maximum atomic E-state index is 11.7. The highest BCUT2D eigenvalue weighted by Gasteiger charge is 2.40. The second-order valence-corrected chi connectivity index (χ2v) is 10.4. The molecule has 2 aliphatic rings. The zero-order valence-corrected chi connectivity index (χ0v) is 17.7. The van der Waals surface area contributed by atoms with Crippen molar-refractivity contribution in [2.45, 2.75) is 44.6 Å². The van der Waals surface area contributed by atoms with E-state index >= 15 is 0 Å². The number of halogens is 3. The summed E-state index contributed by atoms with van der Waals surface area (Å²) in [6, 6.07) is 4.17. The van der Waals surface area contributed by atoms with Crippen LogP contribution < -0.4 is 4.72 Å². The van der Waals surface area contributed by atoms with E-state index in [1.807, 2.05) is 11.3 Å². The summed E-state index contributed by atoms with van der Waals surface area (Å²) in [6.45, 7) is 5.45. The van der Waals surface area contributed by atoms with Crippen LogP contribution in [-0.2, 0) is 26.1 Å². The van der Waals surface area contributed by atoms with Crippen LogP contribution in [0.3, 0.4) is 0 Å². The van der Waals surface area contributed by atoms with Crippen molar-refractivity contribution in [1.82, 2.24) is 9.62 Å². The van der Waals surface area contributed by atoms with Gasteiger partial charge in [-0.05, 0) is 37.8 Å². The molecule has 3 heterocycles. The largest absolute Gasteiger partial charge is 0.490 e. The molecule has 12 heteroatoms. The van der Waals surface area contributed by atoms with Crippen molar-refractivity contribution in [3.05, 3.63) is 21.9 Å². The van der Waals surface area contributed by atoms with Gasteiger partial charge in [-0.25, -0.2) is 17.9 Å². The maximum Gasteiger partial charge on any atom is 0.490 e. The normalized spacial score (nSPS) is 25.6. The predicted molar refractivity (Wildman–Crippen MR) is 102 cm³/mol. The Kier molecular flexibility index (Phi) is 8.08. The molecule has 0 saturated carbocycles. The number of aliphatic carboxylic acids is 1. The standard InChI is InChI=1S/C15H24N2O3S2.C2HF3O2/c1-11-5-6-13(21-11)9-17-8-12-4-3-7-20-15(12)14(10-17)16-22(2,18)19;3-2(4,5)1(6)7/h5-6,12,14-16H,3-4,7-10H2,1-2H3;(H,6,7)/t12-,14+,15-;/m0./s1. The Balaban J connectivity index is 0.000000370. The number of carbonyl (C=O) groups is 1. The number of sulfonamides is 1. The minimum absolute atomic E-state index is 0.0183. The second kappa shape index (κ2) is 9.73. The molecule has 7 nitrogen and oxygen atoms in total. The molecule has 0 unspecified atom stereocenters. The summed E-state index contributed by atoms with van der Waals surface area (Å²) in [5.74, 6) is -2.34. The fraction of sp³-hybridized carbons (Fsp3) is 0.706. The zero-order chi connectivity index (χ0) is 21.8. The van der Waals surface area contributed by atoms with Gasteiger partial charge in [0.15, 0.2) is 0 Å². The van der Waals surface area contributed by atoms with Crippen LogP contribution in [0.15, 0.2) is 12.1 Å². The lowest BCUT2D eigenvalue weighted by atomic mass is 9.86. The molecule has 2 N–H and O–H groups in total. The lowest BCUT2D eigenvalue weighted by Crippen LogP contribution is -2.60. The predicted octanol–water partition coefficient (Wildman–Crippen LogP) is 2.22. The van der Waals surface area contributed by atoms with Crippen LogP contribution in [-0.4, -0.2) is 68.7 Å². The van der Waals surface area contributed by atoms with Crippen molar-refractivity contribution in [2.75, 3.05) is 26.0 Å². The van der Waals surface area contributed by atoms with E-state index in [-0.39, 0.29) is 12.1 Å². The summed E-state index contributed by atoms with van der Waals surface area (Å²) in [5, 5.41) is 7.12. The number of hydrogen-bond donors (Lipinski definition) is 2. The fourth-order valence-corrected chi connectivity index (χ4v) is 5.28. The number of carboxylic acids is 1. The Morgan fingerprint density at radius 1 is 1.38 bits per heavy atom. The summed E-state index contributed by atoms with van der Waals surface area (Å²) in [6.07, 6.45) is -1.65. The van der Waals surface area contributed by atoms with Crippen LogP contribution >= 0.6 is 11.3 Å². The number of ether oxygens (including phenoxy) is 1. The van der Waals surface area contributed by atoms with E-state index < -0.39 is 22.2 Å². The third-order valence-corrected chi connectivity index (χ3v) is 6.34. The number of nitrogens with zero attached hydrogens (tertiary/aromatic N) is 1. The first-order chi connectivity index (χ1) is 13.3. The van der Waals surface area contributed by atoms with E-state index in [1.54, 1.807) is 0 Å². The molecule has 3 atom stereocenters. The molecule has 0 aromatic carbocycles. The van der Waals surface area contributed by atoms with Crippen LogP contribution in [0.1, 0.15) is 22.6 Å². The number of fused-ring (bicyclic) bond motifs is 1. The Morgan fingerprint density at radius 2 is 2.03 bits per heavy atom. The summed E-state index contributed by atoms with van der Waals surface area (Å²) < 4.78 is 63.7. The van der Waals surface area contributed by atoms with Gasteiger partial charge in [-0.2, -0.15) is 13.2 Å². The molecule has 2 saturated heterocycles. The number of hydrogen-bond acceptors (Lipinski definition) is 6. The number of thiophene rings is 1. The quantitative estimate of drug-likeness (QED) is 0.718. The van der Waals surface area contributed by atoms with Crippen LogP contribution in [0.2, 0.25) is 0 Å². The minimum Gasteiger partial charge on any atom is -0.475 e. The number of nitrogens with one attached hydrogen (secondary N) is 1. The highest BCUT2D eigenvalue weighted by atomic mass is 32.2. The van der Waals surface area contributed by atoms with Gasteiger partial charge in [0.2, 0.25) is 10.0 Å². The summed E-state index contributed by atoms with van der Waals surface area (Å²) in [7, 11) is -3.22. The van der Waals surface area contributed by atoms with E-state index in [1.165, 1.54) is 16.0 Å². The van der Waals surface area contributed by atoms with Crippen molar-refractivity contribution in [2.24, 2.45) is 5.92 Å². The monoisotopic (exact) mass is 458 g/mol. The van der Waals surface area contributed by atoms with E-state index in [4.69, 9.17) is 14.6 Å². The molecule has 1 aromatic heterocycles. The van der Waals surface area contributed by atoms with Crippen LogP contribution in [0.4, 0.5) is 13.2 Å². The Labute approximate surface area is 171 Å². The van der Waals surface area contributed by atoms with Gasteiger partial charge < -0.3 is 9.84 Å². The van der Waals surface area contributed by atoms with Gasteiger partial charge in [0.25, 0.3) is 0 Å². The lowest BCUT2D eigenvalue weighted by Gasteiger charge is -2.45. The van der Waals surface area contributed by atoms with Crippen molar-refractivity contribution < 1.29 is 36.2 Å². The van der Waals surface area contributed by atoms with E-state index in [2.05, 4.69) is 28.7 Å². The third-order valence-electron chi connectivity index (χ3n) is 4.62. The Hall–Kier alpha value is -1.21. The number of carboxylic acid groups (broad SMARTS) is 1. The smallest absolute Gasteiger partial charge is 0.475 e. The number of alkyl halides is 3. The van der Waals surface area contributed by atoms with Crippen LogP contribution in [0.25, 0.3) is 0 Å². The summed E-state index contributed by atoms with van der Waals surface area (Å²) in [5.41, 5.74) is 0. The molecule has 0 radical (unpaired) electrons. The van der Waals surface area contributed by atoms with E-state index in [9.17, 15) is 21.6 Å². The van der Waals surface area contributed by atoms with Crippen molar-refractivity contribution >= 4 is 27.3 Å². The van der Waals surface area contributed by atoms with E-state index in [0.29, 0.717) is 12.5 Å². The highest BCUT2D eigenvalue weighted by Crippen LogP contribution is 2.30. The Morgan fingerprint density at radius 3 is 2.55 bits per heavy atom. The second-order valence-electron chi connectivity index (χ2n) is 7.24. The van der Waals surface area contributed by atoms with E-state index in [0.717, 1.165) is 32.5 Å². The van der Waals surface area contributed by atoms with Gasteiger partial charge in [0.1, 0.15) is 0 Å². The zero-order valence-electron chi connectivity index (χ0n) is 16.1. The van der Waals surface area contributed by atoms with Crippen molar-refractivity contribution in [3.63, 3.8) is 0 Å². The Bertz CT molecular complexity index is 797. The molecular formula is C17H25F3N2O5S2. The average molecular weight is 459 g/mol. The molecule has 0 amide bonds. The van der Waals surface area contributed by atoms with Gasteiger partial charge >= 0.3 is 12.1 Å². The molecule has 0 spiro atoms. The third kappa shape index (κ3) is 7.85. The average Bonchev–Trinajstić information content (AvgIpc) is 2.98. The van der Waals surface area contributed by atoms with Crippen LogP contribution in [0, 0.1) is 12.8 Å². The first kappa shape index (κ1) is 24.1. The molecule has 2 fully saturated rings. The first-order valence-corrected chi connectivity index (χ1v) is 11.7. The first-order valence-electron chi connectivity index (χ1n) is 9.02. The van der Waals surface area contributed by atoms with Gasteiger partial charge in [-0.3, -0.25) is 4.90 Å². The molecule has 1 aromatic rings. The number of rotatable bonds is 4. The SMILES string of the molecule is Cc1ccc(CN2C[C@@H]3CCCO[C@@H]3[C@H](NS(C)(=O)=O)C2)s1.O=C(O)C(F)(F)F. The molecule has 166 valence electrons. The lowest BCUT2D eigenvalue weighted by molar-refractivity contribution is -0.192. The molecule has 0 aliphatic carbocycles. The molecular weight excluding hydrogens is 433 g/mol. The van der Waals surface area contributed by atoms with Gasteiger partial charge in [-0.1, -0.05) is 0 Å². The number of likely N-dealkylation sites (tertiary alicyclic amines) is 1. The molecule has 3 rings (SSSR count). The molecule has 29 heavy (non-hydrogen) atoms. The van der Waals surface area contributed by atoms with Crippen LogP contribution in [0.5, 0.6) is 0 Å². The molecule has 0 bridgehead atoms. The van der Waals surface area contributed by atoms with Crippen molar-refractivity contribution in [3.8, 4) is 0 Å². The summed E-state index contributed by atoms with van der Waals surface area (Å²) >= 11 is 1.81. The minimum atomic E-state index is -5.08. The molecule has 2 aliphatic heterocycles. The van der Waals surface area contributed by atoms with Gasteiger partial charge in [-0.15, -0.1) is 11.3 Å². The number of piperidine rings is 1.